The van der Waals surface area contributed by atoms with Crippen LogP contribution in [-0.2, 0) is 9.59 Å². The summed E-state index contributed by atoms with van der Waals surface area (Å²) in [5.41, 5.74) is 1.07. The maximum Gasteiger partial charge on any atom is 0.196 e. The van der Waals surface area contributed by atoms with Gasteiger partial charge >= 0.3 is 0 Å². The van der Waals surface area contributed by atoms with Crippen LogP contribution >= 0.6 is 15.9 Å². The number of ketones is 2. The van der Waals surface area contributed by atoms with Gasteiger partial charge in [0.2, 0.25) is 0 Å². The lowest BCUT2D eigenvalue weighted by Gasteiger charge is -2.08. The van der Waals surface area contributed by atoms with Gasteiger partial charge in [-0.1, -0.05) is 0 Å². The lowest BCUT2D eigenvalue weighted by molar-refractivity contribution is -0.115. The summed E-state index contributed by atoms with van der Waals surface area (Å²) in [7, 11) is 0. The standard InChI is InChI=1S/C8H7BrO2/c1-4-5(2)8(11)6(9)3-7(4)10/h3H,1-2H3. The maximum absolute atomic E-state index is 11.2. The fourth-order valence-electron chi connectivity index (χ4n) is 0.823. The predicted molar refractivity (Wildman–Crippen MR) is 45.4 cm³/mol. The van der Waals surface area contributed by atoms with Crippen molar-refractivity contribution in [2.45, 2.75) is 13.8 Å². The van der Waals surface area contributed by atoms with E-state index in [1.54, 1.807) is 13.8 Å². The molecule has 2 nitrogen and oxygen atoms in total. The summed E-state index contributed by atoms with van der Waals surface area (Å²) in [6, 6.07) is 0. The molecule has 0 aliphatic heterocycles. The van der Waals surface area contributed by atoms with Crippen molar-refractivity contribution in [2.75, 3.05) is 0 Å². The van der Waals surface area contributed by atoms with Crippen molar-refractivity contribution in [2.24, 2.45) is 0 Å². The Morgan fingerprint density at radius 1 is 1.18 bits per heavy atom. The summed E-state index contributed by atoms with van der Waals surface area (Å²) in [5, 5.41) is 0. The zero-order valence-electron chi connectivity index (χ0n) is 6.27. The van der Waals surface area contributed by atoms with Gasteiger partial charge in [-0.3, -0.25) is 9.59 Å². The van der Waals surface area contributed by atoms with Gasteiger partial charge in [-0.25, -0.2) is 0 Å². The summed E-state index contributed by atoms with van der Waals surface area (Å²) in [4.78, 5) is 22.2. The van der Waals surface area contributed by atoms with Crippen LogP contribution in [0.15, 0.2) is 21.7 Å². The van der Waals surface area contributed by atoms with Crippen LogP contribution in [0.4, 0.5) is 0 Å². The van der Waals surface area contributed by atoms with E-state index in [1.807, 2.05) is 0 Å². The summed E-state index contributed by atoms with van der Waals surface area (Å²) in [5.74, 6) is -0.184. The first-order chi connectivity index (χ1) is 5.04. The summed E-state index contributed by atoms with van der Waals surface area (Å²) in [6.07, 6.45) is 1.31. The SMILES string of the molecule is CC1=C(C)C(=O)C(Br)=CC1=O. The molecule has 3 heteroatoms. The van der Waals surface area contributed by atoms with Gasteiger partial charge in [-0.2, -0.15) is 0 Å². The molecule has 1 aliphatic rings. The first kappa shape index (κ1) is 8.40. The minimum atomic E-state index is -0.0953. The molecule has 11 heavy (non-hydrogen) atoms. The molecule has 0 bridgehead atoms. The molecule has 0 saturated heterocycles. The molecule has 1 rings (SSSR count). The second-order valence-electron chi connectivity index (χ2n) is 2.44. The Kier molecular flexibility index (Phi) is 2.09. The molecule has 0 radical (unpaired) electrons. The topological polar surface area (TPSA) is 34.1 Å². The van der Waals surface area contributed by atoms with E-state index in [1.165, 1.54) is 6.08 Å². The minimum Gasteiger partial charge on any atom is -0.290 e. The van der Waals surface area contributed by atoms with Crippen molar-refractivity contribution in [1.29, 1.82) is 0 Å². The molecule has 0 fully saturated rings. The van der Waals surface area contributed by atoms with Crippen molar-refractivity contribution in [1.82, 2.24) is 0 Å². The highest BCUT2D eigenvalue weighted by Gasteiger charge is 2.20. The molecule has 0 aromatic heterocycles. The van der Waals surface area contributed by atoms with Crippen LogP contribution in [0.2, 0.25) is 0 Å². The monoisotopic (exact) mass is 214 g/mol. The van der Waals surface area contributed by atoms with Crippen molar-refractivity contribution in [3.05, 3.63) is 21.7 Å². The van der Waals surface area contributed by atoms with Crippen molar-refractivity contribution in [3.63, 3.8) is 0 Å². The van der Waals surface area contributed by atoms with E-state index in [4.69, 9.17) is 0 Å². The van der Waals surface area contributed by atoms with E-state index >= 15 is 0 Å². The molecule has 0 spiro atoms. The predicted octanol–water partition coefficient (Wildman–Crippen LogP) is 1.75. The minimum absolute atomic E-state index is 0.0889. The van der Waals surface area contributed by atoms with Crippen LogP contribution in [0, 0.1) is 0 Å². The lowest BCUT2D eigenvalue weighted by atomic mass is 9.98. The first-order valence-corrected chi connectivity index (χ1v) is 3.97. The van der Waals surface area contributed by atoms with Gasteiger partial charge in [0.1, 0.15) is 0 Å². The molecule has 0 heterocycles. The molecule has 0 amide bonds. The Morgan fingerprint density at radius 2 is 1.73 bits per heavy atom. The van der Waals surface area contributed by atoms with Crippen molar-refractivity contribution in [3.8, 4) is 0 Å². The number of Topliss-reactive ketones (excluding diaryl/α,β-unsaturated/α-hetero) is 1. The first-order valence-electron chi connectivity index (χ1n) is 3.17. The van der Waals surface area contributed by atoms with Crippen LogP contribution in [0.5, 0.6) is 0 Å². The maximum atomic E-state index is 11.2. The van der Waals surface area contributed by atoms with E-state index in [9.17, 15) is 9.59 Å². The number of carbonyl (C=O) groups excluding carboxylic acids is 2. The Hall–Kier alpha value is -0.700. The number of halogens is 1. The molecule has 58 valence electrons. The molecular formula is C8H7BrO2. The second kappa shape index (κ2) is 2.74. The fraction of sp³-hybridized carbons (Fsp3) is 0.250. The van der Waals surface area contributed by atoms with Gasteiger partial charge in [0.15, 0.2) is 11.6 Å². The second-order valence-corrected chi connectivity index (χ2v) is 3.29. The van der Waals surface area contributed by atoms with Gasteiger partial charge in [-0.15, -0.1) is 0 Å². The summed E-state index contributed by atoms with van der Waals surface area (Å²) in [6.45, 7) is 3.31. The molecule has 0 aromatic carbocycles. The normalized spacial score (nSPS) is 19.0. The van der Waals surface area contributed by atoms with Crippen LogP contribution in [0.3, 0.4) is 0 Å². The average Bonchev–Trinajstić information content (AvgIpc) is 1.97. The Labute approximate surface area is 73.1 Å². The number of hydrogen-bond donors (Lipinski definition) is 0. The van der Waals surface area contributed by atoms with Crippen LogP contribution < -0.4 is 0 Å². The average molecular weight is 215 g/mol. The quantitative estimate of drug-likeness (QED) is 0.577. The largest absolute Gasteiger partial charge is 0.290 e. The third kappa shape index (κ3) is 1.33. The highest BCUT2D eigenvalue weighted by atomic mass is 79.9. The van der Waals surface area contributed by atoms with E-state index < -0.39 is 0 Å². The molecule has 0 unspecified atom stereocenters. The van der Waals surface area contributed by atoms with E-state index in [2.05, 4.69) is 15.9 Å². The molecule has 0 aromatic rings. The number of allylic oxidation sites excluding steroid dienone is 4. The number of hydrogen-bond acceptors (Lipinski definition) is 2. The fourth-order valence-corrected chi connectivity index (χ4v) is 1.33. The van der Waals surface area contributed by atoms with Gasteiger partial charge in [-0.05, 0) is 29.8 Å². The van der Waals surface area contributed by atoms with Gasteiger partial charge in [0.05, 0.1) is 4.48 Å². The molecule has 0 saturated carbocycles. The summed E-state index contributed by atoms with van der Waals surface area (Å²) >= 11 is 3.02. The van der Waals surface area contributed by atoms with Crippen LogP contribution in [-0.4, -0.2) is 11.6 Å². The number of carbonyl (C=O) groups is 2. The lowest BCUT2D eigenvalue weighted by Crippen LogP contribution is -2.13. The molecular weight excluding hydrogens is 208 g/mol. The van der Waals surface area contributed by atoms with E-state index in [0.717, 1.165) is 0 Å². The molecule has 0 atom stereocenters. The molecule has 0 N–H and O–H groups in total. The third-order valence-corrected chi connectivity index (χ3v) is 2.34. The van der Waals surface area contributed by atoms with Crippen molar-refractivity contribution >= 4 is 27.5 Å². The highest BCUT2D eigenvalue weighted by Crippen LogP contribution is 2.21. The zero-order valence-corrected chi connectivity index (χ0v) is 7.86. The smallest absolute Gasteiger partial charge is 0.196 e. The van der Waals surface area contributed by atoms with Gasteiger partial charge in [0.25, 0.3) is 0 Å². The Balaban J connectivity index is 3.19. The third-order valence-electron chi connectivity index (χ3n) is 1.75. The van der Waals surface area contributed by atoms with Gasteiger partial charge < -0.3 is 0 Å². The highest BCUT2D eigenvalue weighted by molar-refractivity contribution is 9.12. The van der Waals surface area contributed by atoms with Gasteiger partial charge in [0, 0.05) is 17.2 Å². The Morgan fingerprint density at radius 3 is 2.27 bits per heavy atom. The van der Waals surface area contributed by atoms with E-state index in [0.29, 0.717) is 15.6 Å². The van der Waals surface area contributed by atoms with Crippen molar-refractivity contribution < 1.29 is 9.59 Å². The van der Waals surface area contributed by atoms with Crippen LogP contribution in [0.25, 0.3) is 0 Å². The summed E-state index contributed by atoms with van der Waals surface area (Å²) < 4.78 is 0.352. The zero-order chi connectivity index (χ0) is 8.59. The molecule has 1 aliphatic carbocycles. The Bertz CT molecular complexity index is 297. The van der Waals surface area contributed by atoms with Crippen LogP contribution in [0.1, 0.15) is 13.8 Å². The van der Waals surface area contributed by atoms with E-state index in [-0.39, 0.29) is 11.6 Å². The number of rotatable bonds is 0.